The van der Waals surface area contributed by atoms with Crippen molar-refractivity contribution in [3.05, 3.63) is 47.7 Å². The van der Waals surface area contributed by atoms with Crippen LogP contribution in [0.3, 0.4) is 0 Å². The molecule has 1 aromatic carbocycles. The monoisotopic (exact) mass is 438 g/mol. The molecule has 4 rings (SSSR count). The molecular weight excluding hydrogens is 408 g/mol. The third kappa shape index (κ3) is 5.19. The zero-order valence-corrected chi connectivity index (χ0v) is 18.6. The fourth-order valence-electron chi connectivity index (χ4n) is 4.45. The Hall–Kier alpha value is -3.13. The van der Waals surface area contributed by atoms with E-state index in [2.05, 4.69) is 15.6 Å². The van der Waals surface area contributed by atoms with Gasteiger partial charge >= 0.3 is 0 Å². The second kappa shape index (κ2) is 9.56. The Balaban J connectivity index is 1.36. The van der Waals surface area contributed by atoms with Crippen LogP contribution in [0, 0.1) is 6.92 Å². The first kappa shape index (κ1) is 22.1. The summed E-state index contributed by atoms with van der Waals surface area (Å²) < 4.78 is 11.4. The van der Waals surface area contributed by atoms with Crippen LogP contribution < -0.4 is 20.1 Å². The van der Waals surface area contributed by atoms with E-state index in [4.69, 9.17) is 9.47 Å². The number of benzene rings is 1. The molecule has 8 heteroatoms. The number of ether oxygens (including phenoxy) is 2. The maximum absolute atomic E-state index is 12.9. The summed E-state index contributed by atoms with van der Waals surface area (Å²) in [5.41, 5.74) is 1.46. The van der Waals surface area contributed by atoms with Crippen LogP contribution in [-0.2, 0) is 15.1 Å². The minimum absolute atomic E-state index is 0.0973. The summed E-state index contributed by atoms with van der Waals surface area (Å²) in [4.78, 5) is 31.2. The summed E-state index contributed by atoms with van der Waals surface area (Å²) in [5.74, 6) is 1.67. The molecule has 170 valence electrons. The van der Waals surface area contributed by atoms with Crippen LogP contribution in [0.1, 0.15) is 36.9 Å². The van der Waals surface area contributed by atoms with Crippen molar-refractivity contribution < 1.29 is 19.1 Å². The van der Waals surface area contributed by atoms with Crippen molar-refractivity contribution in [3.8, 4) is 11.5 Å². The summed E-state index contributed by atoms with van der Waals surface area (Å²) in [7, 11) is 1.76. The van der Waals surface area contributed by atoms with Gasteiger partial charge in [-0.1, -0.05) is 25.0 Å². The SMILES string of the molecule is Cc1cccc(NC(=O)CN(C)CC(=O)NC2(c3ccc4c(c3)OCCO4)CCCC2)n1. The van der Waals surface area contributed by atoms with Crippen LogP contribution >= 0.6 is 0 Å². The van der Waals surface area contributed by atoms with Gasteiger partial charge in [-0.2, -0.15) is 0 Å². The maximum Gasteiger partial charge on any atom is 0.239 e. The van der Waals surface area contributed by atoms with Crippen LogP contribution in [0.5, 0.6) is 11.5 Å². The maximum atomic E-state index is 12.9. The molecule has 2 heterocycles. The molecule has 32 heavy (non-hydrogen) atoms. The van der Waals surface area contributed by atoms with E-state index >= 15 is 0 Å². The minimum Gasteiger partial charge on any atom is -0.486 e. The van der Waals surface area contributed by atoms with E-state index in [0.717, 1.165) is 48.4 Å². The molecule has 0 bridgehead atoms. The molecule has 1 aromatic heterocycles. The number of carbonyl (C=O) groups is 2. The first-order chi connectivity index (χ1) is 15.4. The second-order valence-electron chi connectivity index (χ2n) is 8.58. The van der Waals surface area contributed by atoms with Crippen LogP contribution in [0.15, 0.2) is 36.4 Å². The molecule has 0 unspecified atom stereocenters. The molecule has 2 N–H and O–H groups in total. The van der Waals surface area contributed by atoms with Gasteiger partial charge in [-0.25, -0.2) is 4.98 Å². The highest BCUT2D eigenvalue weighted by Crippen LogP contribution is 2.42. The first-order valence-electron chi connectivity index (χ1n) is 11.1. The van der Waals surface area contributed by atoms with E-state index in [-0.39, 0.29) is 24.9 Å². The van der Waals surface area contributed by atoms with Gasteiger partial charge < -0.3 is 20.1 Å². The highest BCUT2D eigenvalue weighted by atomic mass is 16.6. The number of aromatic nitrogens is 1. The van der Waals surface area contributed by atoms with Gasteiger partial charge in [0, 0.05) is 5.69 Å². The second-order valence-corrected chi connectivity index (χ2v) is 8.58. The fourth-order valence-corrected chi connectivity index (χ4v) is 4.45. The first-order valence-corrected chi connectivity index (χ1v) is 11.1. The van der Waals surface area contributed by atoms with E-state index in [1.54, 1.807) is 18.0 Å². The number of likely N-dealkylation sites (N-methyl/N-ethyl adjacent to an activating group) is 1. The van der Waals surface area contributed by atoms with Gasteiger partial charge in [-0.05, 0) is 56.6 Å². The highest BCUT2D eigenvalue weighted by molar-refractivity contribution is 5.91. The van der Waals surface area contributed by atoms with Gasteiger partial charge in [0.1, 0.15) is 19.0 Å². The number of rotatable bonds is 7. The van der Waals surface area contributed by atoms with Crippen molar-refractivity contribution >= 4 is 17.6 Å². The Morgan fingerprint density at radius 3 is 2.50 bits per heavy atom. The number of amides is 2. The third-order valence-corrected chi connectivity index (χ3v) is 5.91. The van der Waals surface area contributed by atoms with Crippen molar-refractivity contribution in [1.82, 2.24) is 15.2 Å². The predicted octanol–water partition coefficient (Wildman–Crippen LogP) is 2.62. The van der Waals surface area contributed by atoms with Crippen molar-refractivity contribution in [1.29, 1.82) is 0 Å². The number of anilines is 1. The number of hydrogen-bond donors (Lipinski definition) is 2. The summed E-state index contributed by atoms with van der Waals surface area (Å²) in [5, 5.41) is 6.03. The molecule has 0 atom stereocenters. The molecule has 8 nitrogen and oxygen atoms in total. The number of carbonyl (C=O) groups excluding carboxylic acids is 2. The Morgan fingerprint density at radius 2 is 1.75 bits per heavy atom. The van der Waals surface area contributed by atoms with Crippen molar-refractivity contribution in [3.63, 3.8) is 0 Å². The zero-order chi connectivity index (χ0) is 22.6. The van der Waals surface area contributed by atoms with E-state index in [9.17, 15) is 9.59 Å². The molecule has 1 aliphatic carbocycles. The van der Waals surface area contributed by atoms with E-state index in [0.29, 0.717) is 19.0 Å². The van der Waals surface area contributed by atoms with E-state index < -0.39 is 5.54 Å². The lowest BCUT2D eigenvalue weighted by atomic mass is 9.87. The average Bonchev–Trinajstić information content (AvgIpc) is 3.22. The van der Waals surface area contributed by atoms with Gasteiger partial charge in [0.05, 0.1) is 18.6 Å². The lowest BCUT2D eigenvalue weighted by Gasteiger charge is -2.33. The standard InChI is InChI=1S/C24H30N4O4/c1-17-6-5-7-21(25-17)26-22(29)15-28(2)16-23(30)27-24(10-3-4-11-24)18-8-9-19-20(14-18)32-13-12-31-19/h5-9,14H,3-4,10-13,15-16H2,1-2H3,(H,27,30)(H,25,26,29). The molecule has 2 amide bonds. The van der Waals surface area contributed by atoms with Crippen LogP contribution in [0.4, 0.5) is 5.82 Å². The highest BCUT2D eigenvalue weighted by Gasteiger charge is 2.38. The minimum atomic E-state index is -0.415. The number of pyridine rings is 1. The molecule has 2 aliphatic rings. The number of hydrogen-bond acceptors (Lipinski definition) is 6. The summed E-state index contributed by atoms with van der Waals surface area (Å²) >= 11 is 0. The number of fused-ring (bicyclic) bond motifs is 1. The summed E-state index contributed by atoms with van der Waals surface area (Å²) in [6.45, 7) is 3.17. The van der Waals surface area contributed by atoms with Gasteiger partial charge in [0.15, 0.2) is 11.5 Å². The molecule has 2 aromatic rings. The lowest BCUT2D eigenvalue weighted by Crippen LogP contribution is -2.48. The molecule has 1 fully saturated rings. The van der Waals surface area contributed by atoms with E-state index in [1.807, 2.05) is 37.3 Å². The summed E-state index contributed by atoms with van der Waals surface area (Å²) in [6, 6.07) is 11.4. The molecule has 1 saturated carbocycles. The quantitative estimate of drug-likeness (QED) is 0.690. The third-order valence-electron chi connectivity index (χ3n) is 5.91. The Kier molecular flexibility index (Phi) is 6.60. The average molecular weight is 439 g/mol. The van der Waals surface area contributed by atoms with Gasteiger partial charge in [-0.15, -0.1) is 0 Å². The molecule has 0 spiro atoms. The number of aryl methyl sites for hydroxylation is 1. The molecule has 0 radical (unpaired) electrons. The number of nitrogens with one attached hydrogen (secondary N) is 2. The van der Waals surface area contributed by atoms with E-state index in [1.165, 1.54) is 0 Å². The topological polar surface area (TPSA) is 92.8 Å². The van der Waals surface area contributed by atoms with Crippen LogP contribution in [-0.4, -0.2) is 55.0 Å². The Morgan fingerprint density at radius 1 is 1.03 bits per heavy atom. The predicted molar refractivity (Wildman–Crippen MR) is 121 cm³/mol. The van der Waals surface area contributed by atoms with Gasteiger partial charge in [0.2, 0.25) is 11.8 Å². The van der Waals surface area contributed by atoms with Gasteiger partial charge in [0.25, 0.3) is 0 Å². The smallest absolute Gasteiger partial charge is 0.239 e. The summed E-state index contributed by atoms with van der Waals surface area (Å²) in [6.07, 6.45) is 3.86. The Bertz CT molecular complexity index is 988. The molecule has 0 saturated heterocycles. The van der Waals surface area contributed by atoms with Crippen LogP contribution in [0.25, 0.3) is 0 Å². The largest absolute Gasteiger partial charge is 0.486 e. The van der Waals surface area contributed by atoms with Crippen LogP contribution in [0.2, 0.25) is 0 Å². The molecule has 1 aliphatic heterocycles. The Labute approximate surface area is 188 Å². The molecular formula is C24H30N4O4. The normalized spacial score (nSPS) is 16.6. The number of nitrogens with zero attached hydrogens (tertiary/aromatic N) is 2. The van der Waals surface area contributed by atoms with Crippen molar-refractivity contribution in [2.75, 3.05) is 38.7 Å². The van der Waals surface area contributed by atoms with Crippen molar-refractivity contribution in [2.45, 2.75) is 38.1 Å². The lowest BCUT2D eigenvalue weighted by molar-refractivity contribution is -0.124. The van der Waals surface area contributed by atoms with Gasteiger partial charge in [-0.3, -0.25) is 14.5 Å². The zero-order valence-electron chi connectivity index (χ0n) is 18.6. The fraction of sp³-hybridized carbons (Fsp3) is 0.458. The van der Waals surface area contributed by atoms with Crippen molar-refractivity contribution in [2.24, 2.45) is 0 Å².